The number of benzene rings is 1. The summed E-state index contributed by atoms with van der Waals surface area (Å²) in [6, 6.07) is 8.80. The Hall–Kier alpha value is -1.81. The molecular formula is C20H29N3O. The lowest BCUT2D eigenvalue weighted by Crippen LogP contribution is -2.52. The monoisotopic (exact) mass is 327 g/mol. The van der Waals surface area contributed by atoms with Crippen molar-refractivity contribution in [3.05, 3.63) is 47.5 Å². The molecule has 1 heterocycles. The Morgan fingerprint density at radius 1 is 1.21 bits per heavy atom. The van der Waals surface area contributed by atoms with Gasteiger partial charge in [-0.25, -0.2) is 4.79 Å². The largest absolute Gasteiger partial charge is 0.338 e. The van der Waals surface area contributed by atoms with Crippen molar-refractivity contribution in [1.29, 1.82) is 0 Å². The molecule has 1 fully saturated rings. The Bertz CT molecular complexity index is 576. The standard InChI is InChI=1S/C20H29N3O/c1-17-6-5-9-19(14-17)16-22-10-12-23(13-11-22)20(24)21-15-18-7-3-2-4-8-18/h2-3,5-6,9,14,18H,4,7-8,10-13,15-16H2,1H3,(H,21,24). The summed E-state index contributed by atoms with van der Waals surface area (Å²) >= 11 is 0. The number of nitrogens with one attached hydrogen (secondary N) is 1. The van der Waals surface area contributed by atoms with Crippen LogP contribution in [-0.4, -0.2) is 48.6 Å². The number of piperazine rings is 1. The molecule has 0 bridgehead atoms. The van der Waals surface area contributed by atoms with Crippen molar-refractivity contribution < 1.29 is 4.79 Å². The lowest BCUT2D eigenvalue weighted by Gasteiger charge is -2.35. The van der Waals surface area contributed by atoms with E-state index in [1.54, 1.807) is 0 Å². The predicted molar refractivity (Wildman–Crippen MR) is 97.9 cm³/mol. The maximum Gasteiger partial charge on any atom is 0.317 e. The van der Waals surface area contributed by atoms with Crippen LogP contribution in [0.1, 0.15) is 30.4 Å². The summed E-state index contributed by atoms with van der Waals surface area (Å²) in [4.78, 5) is 16.7. The van der Waals surface area contributed by atoms with E-state index < -0.39 is 0 Å². The van der Waals surface area contributed by atoms with Gasteiger partial charge in [0.1, 0.15) is 0 Å². The third-order valence-corrected chi connectivity index (χ3v) is 5.07. The molecule has 0 aromatic heterocycles. The molecule has 130 valence electrons. The summed E-state index contributed by atoms with van der Waals surface area (Å²) in [6.07, 6.45) is 7.93. The van der Waals surface area contributed by atoms with Crippen molar-refractivity contribution in [1.82, 2.24) is 15.1 Å². The molecule has 3 rings (SSSR count). The van der Waals surface area contributed by atoms with Crippen molar-refractivity contribution in [3.8, 4) is 0 Å². The average molecular weight is 327 g/mol. The summed E-state index contributed by atoms with van der Waals surface area (Å²) in [5.41, 5.74) is 2.67. The topological polar surface area (TPSA) is 35.6 Å². The number of hydrogen-bond donors (Lipinski definition) is 1. The van der Waals surface area contributed by atoms with E-state index in [1.807, 2.05) is 4.90 Å². The normalized spacial score (nSPS) is 21.7. The van der Waals surface area contributed by atoms with E-state index in [2.05, 4.69) is 53.6 Å². The minimum absolute atomic E-state index is 0.111. The number of amides is 2. The van der Waals surface area contributed by atoms with Gasteiger partial charge in [0.05, 0.1) is 0 Å². The Balaban J connectivity index is 1.39. The van der Waals surface area contributed by atoms with Gasteiger partial charge in [-0.1, -0.05) is 42.0 Å². The molecule has 0 radical (unpaired) electrons. The third-order valence-electron chi connectivity index (χ3n) is 5.07. The van der Waals surface area contributed by atoms with Gasteiger partial charge in [0.25, 0.3) is 0 Å². The van der Waals surface area contributed by atoms with E-state index in [4.69, 9.17) is 0 Å². The number of hydrogen-bond acceptors (Lipinski definition) is 2. The number of allylic oxidation sites excluding steroid dienone is 2. The maximum absolute atomic E-state index is 12.3. The van der Waals surface area contributed by atoms with Crippen molar-refractivity contribution in [2.24, 2.45) is 5.92 Å². The molecule has 1 saturated heterocycles. The second kappa shape index (κ2) is 8.34. The SMILES string of the molecule is Cc1cccc(CN2CCN(C(=O)NCC3CC=CCC3)CC2)c1. The number of carbonyl (C=O) groups excluding carboxylic acids is 1. The lowest BCUT2D eigenvalue weighted by atomic mass is 9.94. The summed E-state index contributed by atoms with van der Waals surface area (Å²) in [5.74, 6) is 0.613. The average Bonchev–Trinajstić information content (AvgIpc) is 2.61. The number of aryl methyl sites for hydroxylation is 1. The molecule has 2 aliphatic rings. The van der Waals surface area contributed by atoms with Crippen molar-refractivity contribution >= 4 is 6.03 Å². The van der Waals surface area contributed by atoms with Crippen LogP contribution in [0.15, 0.2) is 36.4 Å². The minimum Gasteiger partial charge on any atom is -0.338 e. The Kier molecular flexibility index (Phi) is 5.91. The quantitative estimate of drug-likeness (QED) is 0.862. The summed E-state index contributed by atoms with van der Waals surface area (Å²) in [6.45, 7) is 7.47. The first-order chi connectivity index (χ1) is 11.7. The van der Waals surface area contributed by atoms with Crippen molar-refractivity contribution in [2.75, 3.05) is 32.7 Å². The van der Waals surface area contributed by atoms with E-state index in [-0.39, 0.29) is 6.03 Å². The van der Waals surface area contributed by atoms with Crippen LogP contribution in [0.25, 0.3) is 0 Å². The van der Waals surface area contributed by atoms with Crippen LogP contribution in [0.5, 0.6) is 0 Å². The fourth-order valence-electron chi connectivity index (χ4n) is 3.56. The highest BCUT2D eigenvalue weighted by Crippen LogP contribution is 2.17. The number of rotatable bonds is 4. The van der Waals surface area contributed by atoms with Crippen LogP contribution in [0, 0.1) is 12.8 Å². The number of nitrogens with zero attached hydrogens (tertiary/aromatic N) is 2. The van der Waals surface area contributed by atoms with Gasteiger partial charge in [-0.3, -0.25) is 4.90 Å². The molecule has 24 heavy (non-hydrogen) atoms. The fraction of sp³-hybridized carbons (Fsp3) is 0.550. The number of urea groups is 1. The van der Waals surface area contributed by atoms with Gasteiger partial charge < -0.3 is 10.2 Å². The van der Waals surface area contributed by atoms with Crippen LogP contribution in [0.3, 0.4) is 0 Å². The Morgan fingerprint density at radius 3 is 2.75 bits per heavy atom. The smallest absolute Gasteiger partial charge is 0.317 e. The molecule has 1 N–H and O–H groups in total. The maximum atomic E-state index is 12.3. The molecular weight excluding hydrogens is 298 g/mol. The molecule has 0 spiro atoms. The minimum atomic E-state index is 0.111. The summed E-state index contributed by atoms with van der Waals surface area (Å²) < 4.78 is 0. The predicted octanol–water partition coefficient (Wildman–Crippen LogP) is 3.18. The first kappa shape index (κ1) is 17.0. The zero-order valence-corrected chi connectivity index (χ0v) is 14.7. The third kappa shape index (κ3) is 4.84. The lowest BCUT2D eigenvalue weighted by molar-refractivity contribution is 0.134. The van der Waals surface area contributed by atoms with Crippen LogP contribution in [-0.2, 0) is 6.54 Å². The molecule has 4 nitrogen and oxygen atoms in total. The zero-order valence-electron chi connectivity index (χ0n) is 14.7. The fourth-order valence-corrected chi connectivity index (χ4v) is 3.56. The molecule has 1 aromatic carbocycles. The van der Waals surface area contributed by atoms with Gasteiger partial charge in [0.2, 0.25) is 0 Å². The van der Waals surface area contributed by atoms with Crippen LogP contribution >= 0.6 is 0 Å². The van der Waals surface area contributed by atoms with Crippen molar-refractivity contribution in [2.45, 2.75) is 32.7 Å². The van der Waals surface area contributed by atoms with Gasteiger partial charge in [0.15, 0.2) is 0 Å². The second-order valence-corrected chi connectivity index (χ2v) is 7.09. The molecule has 1 aliphatic carbocycles. The molecule has 1 atom stereocenters. The summed E-state index contributed by atoms with van der Waals surface area (Å²) in [5, 5.41) is 3.13. The van der Waals surface area contributed by atoms with Gasteiger partial charge in [-0.15, -0.1) is 0 Å². The van der Waals surface area contributed by atoms with Crippen LogP contribution in [0.4, 0.5) is 4.79 Å². The molecule has 1 unspecified atom stereocenters. The molecule has 2 amide bonds. The second-order valence-electron chi connectivity index (χ2n) is 7.09. The van der Waals surface area contributed by atoms with Crippen LogP contribution < -0.4 is 5.32 Å². The van der Waals surface area contributed by atoms with E-state index in [0.29, 0.717) is 5.92 Å². The molecule has 4 heteroatoms. The van der Waals surface area contributed by atoms with E-state index in [0.717, 1.165) is 52.1 Å². The van der Waals surface area contributed by atoms with E-state index in [1.165, 1.54) is 17.5 Å². The van der Waals surface area contributed by atoms with E-state index in [9.17, 15) is 4.79 Å². The van der Waals surface area contributed by atoms with Gasteiger partial charge in [-0.2, -0.15) is 0 Å². The van der Waals surface area contributed by atoms with Gasteiger partial charge in [0, 0.05) is 39.3 Å². The molecule has 1 aromatic rings. The highest BCUT2D eigenvalue weighted by atomic mass is 16.2. The first-order valence-corrected chi connectivity index (χ1v) is 9.16. The first-order valence-electron chi connectivity index (χ1n) is 9.16. The van der Waals surface area contributed by atoms with Crippen LogP contribution in [0.2, 0.25) is 0 Å². The molecule has 1 aliphatic heterocycles. The van der Waals surface area contributed by atoms with E-state index >= 15 is 0 Å². The summed E-state index contributed by atoms with van der Waals surface area (Å²) in [7, 11) is 0. The molecule has 0 saturated carbocycles. The van der Waals surface area contributed by atoms with Crippen molar-refractivity contribution in [3.63, 3.8) is 0 Å². The number of carbonyl (C=O) groups is 1. The Labute approximate surface area is 145 Å². The Morgan fingerprint density at radius 2 is 2.04 bits per heavy atom. The zero-order chi connectivity index (χ0) is 16.8. The highest BCUT2D eigenvalue weighted by Gasteiger charge is 2.21. The van der Waals surface area contributed by atoms with Gasteiger partial charge in [-0.05, 0) is 37.7 Å². The highest BCUT2D eigenvalue weighted by molar-refractivity contribution is 5.74. The van der Waals surface area contributed by atoms with Gasteiger partial charge >= 0.3 is 6.03 Å².